The molecule has 0 aromatic carbocycles. The number of aromatic nitrogens is 2. The van der Waals surface area contributed by atoms with E-state index in [4.69, 9.17) is 5.73 Å². The lowest BCUT2D eigenvalue weighted by Gasteiger charge is -2.29. The van der Waals surface area contributed by atoms with Gasteiger partial charge in [0.15, 0.2) is 5.03 Å². The Bertz CT molecular complexity index is 497. The van der Waals surface area contributed by atoms with E-state index in [2.05, 4.69) is 5.10 Å². The Kier molecular flexibility index (Phi) is 4.04. The summed E-state index contributed by atoms with van der Waals surface area (Å²) in [6.07, 6.45) is 4.10. The Hall–Kier alpha value is -0.920. The smallest absolute Gasteiger partial charge is 0.260 e. The minimum Gasteiger partial charge on any atom is -0.327 e. The highest BCUT2D eigenvalue weighted by atomic mass is 32.2. The van der Waals surface area contributed by atoms with E-state index in [0.29, 0.717) is 19.6 Å². The molecule has 2 N–H and O–H groups in total. The molecule has 1 aromatic rings. The zero-order chi connectivity index (χ0) is 13.2. The van der Waals surface area contributed by atoms with Gasteiger partial charge in [0.25, 0.3) is 10.0 Å². The zero-order valence-electron chi connectivity index (χ0n) is 10.6. The summed E-state index contributed by atoms with van der Waals surface area (Å²) in [5.74, 6) is 0. The van der Waals surface area contributed by atoms with Gasteiger partial charge in [-0.05, 0) is 25.3 Å². The van der Waals surface area contributed by atoms with Crippen molar-refractivity contribution in [1.82, 2.24) is 14.1 Å². The molecular formula is C11H20N4O2S. The lowest BCUT2D eigenvalue weighted by molar-refractivity contribution is 0.313. The van der Waals surface area contributed by atoms with E-state index in [0.717, 1.165) is 19.3 Å². The van der Waals surface area contributed by atoms with E-state index in [1.54, 1.807) is 10.7 Å². The highest BCUT2D eigenvalue weighted by Gasteiger charge is 2.31. The number of hydrogen-bond donors (Lipinski definition) is 1. The van der Waals surface area contributed by atoms with Crippen LogP contribution in [0.2, 0.25) is 0 Å². The predicted molar refractivity (Wildman–Crippen MR) is 68.5 cm³/mol. The van der Waals surface area contributed by atoms with Crippen LogP contribution in [0.1, 0.15) is 26.2 Å². The molecule has 7 heteroatoms. The van der Waals surface area contributed by atoms with E-state index in [9.17, 15) is 8.42 Å². The maximum Gasteiger partial charge on any atom is 0.260 e. The Labute approximate surface area is 108 Å². The summed E-state index contributed by atoms with van der Waals surface area (Å²) < 4.78 is 28.0. The van der Waals surface area contributed by atoms with Gasteiger partial charge in [0.1, 0.15) is 0 Å². The molecule has 0 saturated carbocycles. The summed E-state index contributed by atoms with van der Waals surface area (Å²) in [4.78, 5) is 0. The molecule has 1 fully saturated rings. The second kappa shape index (κ2) is 5.38. The van der Waals surface area contributed by atoms with Gasteiger partial charge in [-0.1, -0.05) is 6.92 Å². The van der Waals surface area contributed by atoms with Gasteiger partial charge in [0.2, 0.25) is 0 Å². The van der Waals surface area contributed by atoms with E-state index in [-0.39, 0.29) is 11.1 Å². The molecule has 1 aromatic heterocycles. The molecule has 1 aliphatic rings. The second-order valence-corrected chi connectivity index (χ2v) is 6.54. The third-order valence-corrected chi connectivity index (χ3v) is 5.02. The van der Waals surface area contributed by atoms with Crippen LogP contribution in [0.3, 0.4) is 0 Å². The molecule has 1 aliphatic heterocycles. The summed E-state index contributed by atoms with van der Waals surface area (Å²) in [7, 11) is -3.45. The molecule has 102 valence electrons. The summed E-state index contributed by atoms with van der Waals surface area (Å²) in [6.45, 7) is 3.56. The summed E-state index contributed by atoms with van der Waals surface area (Å²) in [6, 6.07) is 1.50. The van der Waals surface area contributed by atoms with Crippen molar-refractivity contribution in [2.45, 2.75) is 43.8 Å². The highest BCUT2D eigenvalue weighted by Crippen LogP contribution is 2.20. The maximum atomic E-state index is 12.5. The number of piperidine rings is 1. The molecule has 2 rings (SSSR count). The van der Waals surface area contributed by atoms with Crippen molar-refractivity contribution in [2.24, 2.45) is 5.73 Å². The van der Waals surface area contributed by atoms with E-state index >= 15 is 0 Å². The maximum absolute atomic E-state index is 12.5. The second-order valence-electron chi connectivity index (χ2n) is 4.66. The Morgan fingerprint density at radius 1 is 1.56 bits per heavy atom. The first kappa shape index (κ1) is 13.5. The summed E-state index contributed by atoms with van der Waals surface area (Å²) in [5.41, 5.74) is 5.84. The van der Waals surface area contributed by atoms with Gasteiger partial charge >= 0.3 is 0 Å². The number of sulfonamides is 1. The Morgan fingerprint density at radius 3 is 3.00 bits per heavy atom. The number of nitrogens with zero attached hydrogens (tertiary/aromatic N) is 3. The zero-order valence-corrected chi connectivity index (χ0v) is 11.4. The number of hydrogen-bond acceptors (Lipinski definition) is 4. The van der Waals surface area contributed by atoms with E-state index < -0.39 is 10.0 Å². The van der Waals surface area contributed by atoms with Gasteiger partial charge < -0.3 is 5.73 Å². The quantitative estimate of drug-likeness (QED) is 0.860. The van der Waals surface area contributed by atoms with Gasteiger partial charge in [0, 0.05) is 25.7 Å². The largest absolute Gasteiger partial charge is 0.327 e. The van der Waals surface area contributed by atoms with Crippen molar-refractivity contribution >= 4 is 10.0 Å². The van der Waals surface area contributed by atoms with Gasteiger partial charge in [-0.25, -0.2) is 8.42 Å². The Morgan fingerprint density at radius 2 is 2.33 bits per heavy atom. The van der Waals surface area contributed by atoms with Crippen LogP contribution in [0.15, 0.2) is 17.3 Å². The standard InChI is InChI=1S/C11H20N4O2S/c1-2-7-15-11(5-6-13-15)18(16,17)14-8-3-4-10(12)9-14/h5-6,10H,2-4,7-9,12H2,1H3/t10-/m0/s1. The summed E-state index contributed by atoms with van der Waals surface area (Å²) in [5, 5.41) is 4.34. The van der Waals surface area contributed by atoms with Crippen molar-refractivity contribution < 1.29 is 8.42 Å². The van der Waals surface area contributed by atoms with Crippen LogP contribution in [0, 0.1) is 0 Å². The van der Waals surface area contributed by atoms with Crippen molar-refractivity contribution in [3.05, 3.63) is 12.3 Å². The SMILES string of the molecule is CCCn1nccc1S(=O)(=O)N1CCC[C@H](N)C1. The number of nitrogens with two attached hydrogens (primary N) is 1. The monoisotopic (exact) mass is 272 g/mol. The molecule has 0 amide bonds. The van der Waals surface area contributed by atoms with Crippen LogP contribution in [0.5, 0.6) is 0 Å². The van der Waals surface area contributed by atoms with Gasteiger partial charge in [0.05, 0.1) is 6.20 Å². The molecule has 6 nitrogen and oxygen atoms in total. The molecule has 1 atom stereocenters. The fourth-order valence-corrected chi connectivity index (χ4v) is 3.90. The number of rotatable bonds is 4. The van der Waals surface area contributed by atoms with Gasteiger partial charge in [-0.2, -0.15) is 9.40 Å². The molecule has 0 spiro atoms. The van der Waals surface area contributed by atoms with Gasteiger partial charge in [-0.15, -0.1) is 0 Å². The highest BCUT2D eigenvalue weighted by molar-refractivity contribution is 7.89. The molecule has 0 aliphatic carbocycles. The van der Waals surface area contributed by atoms with Crippen LogP contribution in [0.4, 0.5) is 0 Å². The lowest BCUT2D eigenvalue weighted by Crippen LogP contribution is -2.46. The van der Waals surface area contributed by atoms with Crippen LogP contribution in [-0.4, -0.2) is 41.6 Å². The van der Waals surface area contributed by atoms with Crippen molar-refractivity contribution in [1.29, 1.82) is 0 Å². The fourth-order valence-electron chi connectivity index (χ4n) is 2.24. The summed E-state index contributed by atoms with van der Waals surface area (Å²) >= 11 is 0. The predicted octanol–water partition coefficient (Wildman–Crippen LogP) is 0.405. The van der Waals surface area contributed by atoms with Crippen LogP contribution in [-0.2, 0) is 16.6 Å². The van der Waals surface area contributed by atoms with Crippen LogP contribution >= 0.6 is 0 Å². The molecule has 0 unspecified atom stereocenters. The third kappa shape index (κ3) is 2.57. The molecular weight excluding hydrogens is 252 g/mol. The van der Waals surface area contributed by atoms with Crippen LogP contribution < -0.4 is 5.73 Å². The van der Waals surface area contributed by atoms with Crippen molar-refractivity contribution in [3.63, 3.8) is 0 Å². The third-order valence-electron chi connectivity index (χ3n) is 3.14. The Balaban J connectivity index is 2.26. The van der Waals surface area contributed by atoms with Crippen molar-refractivity contribution in [2.75, 3.05) is 13.1 Å². The average molecular weight is 272 g/mol. The molecule has 0 bridgehead atoms. The van der Waals surface area contributed by atoms with Crippen molar-refractivity contribution in [3.8, 4) is 0 Å². The first-order valence-corrected chi connectivity index (χ1v) is 7.77. The topological polar surface area (TPSA) is 81.2 Å². The number of aryl methyl sites for hydroxylation is 1. The minimum absolute atomic E-state index is 0.0592. The van der Waals surface area contributed by atoms with E-state index in [1.807, 2.05) is 6.92 Å². The first-order chi connectivity index (χ1) is 8.55. The normalized spacial score (nSPS) is 22.2. The fraction of sp³-hybridized carbons (Fsp3) is 0.727. The molecule has 1 saturated heterocycles. The molecule has 18 heavy (non-hydrogen) atoms. The van der Waals surface area contributed by atoms with Gasteiger partial charge in [-0.3, -0.25) is 4.68 Å². The van der Waals surface area contributed by atoms with Crippen LogP contribution in [0.25, 0.3) is 0 Å². The molecule has 2 heterocycles. The minimum atomic E-state index is -3.45. The average Bonchev–Trinajstić information content (AvgIpc) is 2.78. The first-order valence-electron chi connectivity index (χ1n) is 6.33. The van der Waals surface area contributed by atoms with E-state index in [1.165, 1.54) is 10.5 Å². The lowest BCUT2D eigenvalue weighted by atomic mass is 10.1. The molecule has 0 radical (unpaired) electrons.